The van der Waals surface area contributed by atoms with Crippen molar-refractivity contribution >= 4 is 17.8 Å². The third kappa shape index (κ3) is 2.50. The maximum Gasteiger partial charge on any atom is 0.432 e. The second-order valence-electron chi connectivity index (χ2n) is 6.12. The molecule has 0 N–H and O–H groups in total. The van der Waals surface area contributed by atoms with Crippen molar-refractivity contribution in [1.29, 1.82) is 0 Å². The first-order valence-electron chi connectivity index (χ1n) is 7.05. The average molecular weight is 307 g/mol. The largest absolute Gasteiger partial charge is 0.432 e. The van der Waals surface area contributed by atoms with E-state index in [9.17, 15) is 13.2 Å². The van der Waals surface area contributed by atoms with E-state index in [4.69, 9.17) is 11.6 Å². The molecule has 2 heterocycles. The molecule has 0 spiro atoms. The molecule has 2 aliphatic heterocycles. The predicted octanol–water partition coefficient (Wildman–Crippen LogP) is 3.47. The lowest BCUT2D eigenvalue weighted by Gasteiger charge is -2.26. The molecule has 2 nitrogen and oxygen atoms in total. The van der Waals surface area contributed by atoms with Crippen LogP contribution in [0.1, 0.15) is 19.3 Å². The van der Waals surface area contributed by atoms with E-state index in [1.165, 1.54) is 6.08 Å². The Bertz CT molecular complexity index is 446. The number of rotatable bonds is 4. The van der Waals surface area contributed by atoms with Crippen LogP contribution >= 0.6 is 11.6 Å². The smallest absolute Gasteiger partial charge is 0.302 e. The summed E-state index contributed by atoms with van der Waals surface area (Å²) in [4.78, 5) is 6.05. The highest BCUT2D eigenvalue weighted by molar-refractivity contribution is 6.17. The highest BCUT2D eigenvalue weighted by atomic mass is 35.5. The van der Waals surface area contributed by atoms with E-state index in [1.54, 1.807) is 6.21 Å². The molecule has 3 aliphatic rings. The van der Waals surface area contributed by atoms with Gasteiger partial charge in [-0.25, -0.2) is 0 Å². The fraction of sp³-hybridized carbons (Fsp3) is 0.786. The SMILES string of the molecule is FC(F)(F)C1=CCC(C23CC2CN(CCCCl)C3)C=N1. The minimum absolute atomic E-state index is 0.166. The summed E-state index contributed by atoms with van der Waals surface area (Å²) in [7, 11) is 0. The summed E-state index contributed by atoms with van der Waals surface area (Å²) in [6.45, 7) is 3.05. The Morgan fingerprint density at radius 2 is 2.25 bits per heavy atom. The van der Waals surface area contributed by atoms with Crippen molar-refractivity contribution in [3.05, 3.63) is 11.8 Å². The second kappa shape index (κ2) is 5.02. The molecule has 0 aromatic rings. The van der Waals surface area contributed by atoms with Crippen LogP contribution in [0.4, 0.5) is 13.2 Å². The zero-order valence-electron chi connectivity index (χ0n) is 11.2. The topological polar surface area (TPSA) is 15.6 Å². The lowest BCUT2D eigenvalue weighted by Crippen LogP contribution is -2.31. The fourth-order valence-electron chi connectivity index (χ4n) is 3.75. The van der Waals surface area contributed by atoms with Crippen LogP contribution in [0.3, 0.4) is 0 Å². The zero-order chi connectivity index (χ0) is 14.4. The van der Waals surface area contributed by atoms with Gasteiger partial charge < -0.3 is 4.90 Å². The molecule has 3 unspecified atom stereocenters. The molecule has 0 bridgehead atoms. The van der Waals surface area contributed by atoms with Gasteiger partial charge in [0.1, 0.15) is 5.70 Å². The van der Waals surface area contributed by atoms with Gasteiger partial charge in [0.2, 0.25) is 0 Å². The van der Waals surface area contributed by atoms with Crippen LogP contribution in [0.15, 0.2) is 16.8 Å². The van der Waals surface area contributed by atoms with Crippen molar-refractivity contribution in [1.82, 2.24) is 4.90 Å². The van der Waals surface area contributed by atoms with Gasteiger partial charge >= 0.3 is 6.18 Å². The molecule has 6 heteroatoms. The first kappa shape index (κ1) is 14.4. The van der Waals surface area contributed by atoms with E-state index >= 15 is 0 Å². The van der Waals surface area contributed by atoms with Crippen LogP contribution in [0.5, 0.6) is 0 Å². The Balaban J connectivity index is 1.60. The summed E-state index contributed by atoms with van der Waals surface area (Å²) in [6.07, 6.45) is 1.07. The summed E-state index contributed by atoms with van der Waals surface area (Å²) in [5.41, 5.74) is -0.553. The molecule has 0 aromatic carbocycles. The van der Waals surface area contributed by atoms with Crippen LogP contribution in [-0.2, 0) is 0 Å². The summed E-state index contributed by atoms with van der Waals surface area (Å²) in [5.74, 6) is 1.46. The molecule has 1 saturated heterocycles. The van der Waals surface area contributed by atoms with Crippen molar-refractivity contribution in [3.63, 3.8) is 0 Å². The third-order valence-electron chi connectivity index (χ3n) is 4.87. The Hall–Kier alpha value is -0.550. The van der Waals surface area contributed by atoms with E-state index in [0.717, 1.165) is 32.5 Å². The maximum absolute atomic E-state index is 12.6. The highest BCUT2D eigenvalue weighted by Crippen LogP contribution is 2.63. The molecule has 1 aliphatic carbocycles. The van der Waals surface area contributed by atoms with E-state index in [1.807, 2.05) is 0 Å². The molecule has 0 amide bonds. The van der Waals surface area contributed by atoms with Gasteiger partial charge in [0.25, 0.3) is 0 Å². The quantitative estimate of drug-likeness (QED) is 0.726. The van der Waals surface area contributed by atoms with E-state index in [-0.39, 0.29) is 11.3 Å². The summed E-state index contributed by atoms with van der Waals surface area (Å²) >= 11 is 5.71. The zero-order valence-corrected chi connectivity index (χ0v) is 11.9. The number of hydrogen-bond acceptors (Lipinski definition) is 2. The molecule has 3 rings (SSSR count). The van der Waals surface area contributed by atoms with E-state index in [2.05, 4.69) is 9.89 Å². The van der Waals surface area contributed by atoms with Crippen molar-refractivity contribution in [2.45, 2.75) is 25.4 Å². The Morgan fingerprint density at radius 1 is 1.45 bits per heavy atom. The van der Waals surface area contributed by atoms with Gasteiger partial charge in [-0.1, -0.05) is 6.08 Å². The summed E-state index contributed by atoms with van der Waals surface area (Å²) < 4.78 is 37.7. The molecule has 0 aromatic heterocycles. The molecule has 2 fully saturated rings. The van der Waals surface area contributed by atoms with Crippen molar-refractivity contribution < 1.29 is 13.2 Å². The van der Waals surface area contributed by atoms with Gasteiger partial charge in [0, 0.05) is 31.1 Å². The van der Waals surface area contributed by atoms with Gasteiger partial charge in [-0.05, 0) is 37.1 Å². The van der Waals surface area contributed by atoms with Gasteiger partial charge in [-0.2, -0.15) is 13.2 Å². The minimum Gasteiger partial charge on any atom is -0.302 e. The van der Waals surface area contributed by atoms with E-state index in [0.29, 0.717) is 18.2 Å². The molecule has 1 saturated carbocycles. The van der Waals surface area contributed by atoms with Crippen molar-refractivity contribution in [2.24, 2.45) is 22.2 Å². The Labute approximate surface area is 121 Å². The summed E-state index contributed by atoms with van der Waals surface area (Å²) in [6, 6.07) is 0. The van der Waals surface area contributed by atoms with Gasteiger partial charge in [0.15, 0.2) is 0 Å². The standard InChI is InChI=1S/C14H18ClF3N2/c15-4-1-5-20-8-11-6-13(11,9-20)10-2-3-12(19-7-10)14(16,17)18/h3,7,10-11H,1-2,4-6,8-9H2. The Kier molecular flexibility index (Phi) is 3.61. The van der Waals surface area contributed by atoms with Crippen molar-refractivity contribution in [2.75, 3.05) is 25.5 Å². The molecule has 20 heavy (non-hydrogen) atoms. The number of nitrogens with zero attached hydrogens (tertiary/aromatic N) is 2. The first-order valence-corrected chi connectivity index (χ1v) is 7.59. The average Bonchev–Trinajstić information content (AvgIpc) is 2.99. The number of alkyl halides is 4. The lowest BCUT2D eigenvalue weighted by atomic mass is 9.85. The normalized spacial score (nSPS) is 36.9. The number of halogens is 4. The van der Waals surface area contributed by atoms with Crippen LogP contribution in [0, 0.1) is 17.3 Å². The monoisotopic (exact) mass is 306 g/mol. The fourth-order valence-corrected chi connectivity index (χ4v) is 3.87. The number of fused-ring (bicyclic) bond motifs is 1. The van der Waals surface area contributed by atoms with Gasteiger partial charge in [-0.3, -0.25) is 4.99 Å². The van der Waals surface area contributed by atoms with E-state index < -0.39 is 11.9 Å². The van der Waals surface area contributed by atoms with Crippen LogP contribution in [0.25, 0.3) is 0 Å². The number of aliphatic imine (C=N–C) groups is 1. The molecule has 3 atom stereocenters. The maximum atomic E-state index is 12.6. The predicted molar refractivity (Wildman–Crippen MR) is 73.1 cm³/mol. The minimum atomic E-state index is -4.32. The van der Waals surface area contributed by atoms with Gasteiger partial charge in [-0.15, -0.1) is 11.6 Å². The number of allylic oxidation sites excluding steroid dienone is 2. The van der Waals surface area contributed by atoms with Gasteiger partial charge in [0.05, 0.1) is 0 Å². The van der Waals surface area contributed by atoms with Crippen LogP contribution < -0.4 is 0 Å². The molecular formula is C14H18ClF3N2. The second-order valence-corrected chi connectivity index (χ2v) is 6.50. The van der Waals surface area contributed by atoms with Crippen LogP contribution in [-0.4, -0.2) is 42.8 Å². The third-order valence-corrected chi connectivity index (χ3v) is 5.14. The number of likely N-dealkylation sites (tertiary alicyclic amines) is 1. The molecular weight excluding hydrogens is 289 g/mol. The molecule has 0 radical (unpaired) electrons. The molecule has 112 valence electrons. The van der Waals surface area contributed by atoms with Crippen LogP contribution in [0.2, 0.25) is 0 Å². The lowest BCUT2D eigenvalue weighted by molar-refractivity contribution is -0.0929. The first-order chi connectivity index (χ1) is 9.45. The van der Waals surface area contributed by atoms with Crippen molar-refractivity contribution in [3.8, 4) is 0 Å². The number of hydrogen-bond donors (Lipinski definition) is 0. The summed E-state index contributed by atoms with van der Waals surface area (Å²) in [5, 5.41) is 0. The number of piperidine rings is 1. The Morgan fingerprint density at radius 3 is 2.85 bits per heavy atom. The highest BCUT2D eigenvalue weighted by Gasteiger charge is 2.62.